The maximum Gasteiger partial charge on any atom is 0.240 e. The predicted molar refractivity (Wildman–Crippen MR) is 43.3 cm³/mol. The predicted octanol–water partition coefficient (Wildman–Crippen LogP) is -0.320. The van der Waals surface area contributed by atoms with Gasteiger partial charge in [-0.1, -0.05) is 5.10 Å². The Kier molecular flexibility index (Phi) is 2.98. The van der Waals surface area contributed by atoms with Crippen LogP contribution in [0.15, 0.2) is 0 Å². The third-order valence-electron chi connectivity index (χ3n) is 1.31. The lowest BCUT2D eigenvalue weighted by Crippen LogP contribution is -2.13. The average molecular weight is 171 g/mol. The zero-order valence-corrected chi connectivity index (χ0v) is 7.27. The summed E-state index contributed by atoms with van der Waals surface area (Å²) >= 11 is 0. The van der Waals surface area contributed by atoms with E-state index in [0.717, 1.165) is 0 Å². The second-order valence-electron chi connectivity index (χ2n) is 2.68. The fourth-order valence-electron chi connectivity index (χ4n) is 0.746. The minimum atomic E-state index is 0.225. The van der Waals surface area contributed by atoms with Crippen LogP contribution in [0.5, 0.6) is 0 Å². The van der Waals surface area contributed by atoms with Crippen molar-refractivity contribution in [1.29, 1.82) is 0 Å². The summed E-state index contributed by atoms with van der Waals surface area (Å²) < 4.78 is 6.80. The van der Waals surface area contributed by atoms with Crippen molar-refractivity contribution in [2.45, 2.75) is 26.5 Å². The molecule has 0 aliphatic heterocycles. The van der Waals surface area contributed by atoms with Crippen molar-refractivity contribution >= 4 is 5.95 Å². The minimum absolute atomic E-state index is 0.225. The van der Waals surface area contributed by atoms with Crippen LogP contribution >= 0.6 is 0 Å². The summed E-state index contributed by atoms with van der Waals surface area (Å²) in [6.07, 6.45) is 0.225. The van der Waals surface area contributed by atoms with E-state index in [0.29, 0.717) is 19.1 Å². The van der Waals surface area contributed by atoms with Crippen molar-refractivity contribution < 1.29 is 4.74 Å². The Balaban J connectivity index is 2.29. The van der Waals surface area contributed by atoms with Gasteiger partial charge in [-0.15, -0.1) is 0 Å². The first-order chi connectivity index (χ1) is 5.70. The lowest BCUT2D eigenvalue weighted by Gasteiger charge is -2.06. The van der Waals surface area contributed by atoms with Gasteiger partial charge in [0.25, 0.3) is 0 Å². The minimum Gasteiger partial charge on any atom is -0.377 e. The van der Waals surface area contributed by atoms with Crippen LogP contribution in [0.4, 0.5) is 5.95 Å². The summed E-state index contributed by atoms with van der Waals surface area (Å²) in [5.74, 6) is 0.322. The monoisotopic (exact) mass is 171 g/mol. The number of hydrogen-bond donors (Lipinski definition) is 1. The van der Waals surface area contributed by atoms with Crippen molar-refractivity contribution in [3.05, 3.63) is 0 Å². The maximum atomic E-state index is 5.43. The molecule has 0 saturated heterocycles. The number of ether oxygens (including phenoxy) is 1. The SMILES string of the molecule is CC(C)OCCn1nnnc1N. The van der Waals surface area contributed by atoms with Gasteiger partial charge in [0.2, 0.25) is 5.95 Å². The smallest absolute Gasteiger partial charge is 0.240 e. The van der Waals surface area contributed by atoms with Crippen LogP contribution in [-0.4, -0.2) is 32.9 Å². The first-order valence-corrected chi connectivity index (χ1v) is 3.83. The highest BCUT2D eigenvalue weighted by molar-refractivity contribution is 5.09. The molecule has 0 aromatic carbocycles. The van der Waals surface area contributed by atoms with E-state index in [1.807, 2.05) is 13.8 Å². The fraction of sp³-hybridized carbons (Fsp3) is 0.833. The van der Waals surface area contributed by atoms with E-state index < -0.39 is 0 Å². The van der Waals surface area contributed by atoms with Crippen LogP contribution in [0.3, 0.4) is 0 Å². The molecular weight excluding hydrogens is 158 g/mol. The van der Waals surface area contributed by atoms with Gasteiger partial charge in [0, 0.05) is 0 Å². The van der Waals surface area contributed by atoms with Gasteiger partial charge in [-0.2, -0.15) is 0 Å². The zero-order chi connectivity index (χ0) is 8.97. The maximum absolute atomic E-state index is 5.43. The Hall–Kier alpha value is -1.17. The van der Waals surface area contributed by atoms with Crippen LogP contribution in [0.25, 0.3) is 0 Å². The molecule has 0 spiro atoms. The Labute approximate surface area is 70.7 Å². The summed E-state index contributed by atoms with van der Waals surface area (Å²) in [6, 6.07) is 0. The molecule has 1 heterocycles. The lowest BCUT2D eigenvalue weighted by atomic mass is 10.5. The molecule has 12 heavy (non-hydrogen) atoms. The van der Waals surface area contributed by atoms with E-state index in [4.69, 9.17) is 10.5 Å². The highest BCUT2D eigenvalue weighted by atomic mass is 16.5. The molecule has 0 aliphatic rings. The number of nitrogens with zero attached hydrogens (tertiary/aromatic N) is 4. The molecule has 0 bridgehead atoms. The number of anilines is 1. The highest BCUT2D eigenvalue weighted by Crippen LogP contribution is 1.93. The molecule has 1 aromatic heterocycles. The third kappa shape index (κ3) is 2.46. The normalized spacial score (nSPS) is 10.9. The molecule has 0 fully saturated rings. The quantitative estimate of drug-likeness (QED) is 0.671. The van der Waals surface area contributed by atoms with Crippen LogP contribution in [0, 0.1) is 0 Å². The molecule has 1 aromatic rings. The van der Waals surface area contributed by atoms with Gasteiger partial charge in [-0.3, -0.25) is 0 Å². The largest absolute Gasteiger partial charge is 0.377 e. The molecule has 1 rings (SSSR count). The summed E-state index contributed by atoms with van der Waals surface area (Å²) in [6.45, 7) is 5.12. The average Bonchev–Trinajstić information content (AvgIpc) is 2.36. The Bertz CT molecular complexity index is 234. The molecule has 2 N–H and O–H groups in total. The van der Waals surface area contributed by atoms with E-state index in [-0.39, 0.29) is 6.10 Å². The van der Waals surface area contributed by atoms with Crippen molar-refractivity contribution in [3.8, 4) is 0 Å². The number of nitrogens with two attached hydrogens (primary N) is 1. The van der Waals surface area contributed by atoms with E-state index in [9.17, 15) is 0 Å². The molecular formula is C6H13N5O. The van der Waals surface area contributed by atoms with Gasteiger partial charge < -0.3 is 10.5 Å². The van der Waals surface area contributed by atoms with Crippen LogP contribution in [0.2, 0.25) is 0 Å². The second kappa shape index (κ2) is 4.01. The molecule has 0 radical (unpaired) electrons. The molecule has 0 aliphatic carbocycles. The molecule has 6 heteroatoms. The van der Waals surface area contributed by atoms with Gasteiger partial charge in [-0.25, -0.2) is 4.68 Å². The Morgan fingerprint density at radius 1 is 1.58 bits per heavy atom. The van der Waals surface area contributed by atoms with Crippen molar-refractivity contribution in [2.75, 3.05) is 12.3 Å². The first kappa shape index (κ1) is 8.92. The standard InChI is InChI=1S/C6H13N5O/c1-5(2)12-4-3-11-6(7)8-9-10-11/h5H,3-4H2,1-2H3,(H2,7,8,10). The van der Waals surface area contributed by atoms with Gasteiger partial charge in [0.05, 0.1) is 19.3 Å². The molecule has 0 saturated carbocycles. The second-order valence-corrected chi connectivity index (χ2v) is 2.68. The first-order valence-electron chi connectivity index (χ1n) is 3.83. The Morgan fingerprint density at radius 2 is 2.33 bits per heavy atom. The summed E-state index contributed by atoms with van der Waals surface area (Å²) in [5.41, 5.74) is 5.43. The number of hydrogen-bond acceptors (Lipinski definition) is 5. The summed E-state index contributed by atoms with van der Waals surface area (Å²) in [4.78, 5) is 0. The van der Waals surface area contributed by atoms with Crippen LogP contribution in [0.1, 0.15) is 13.8 Å². The van der Waals surface area contributed by atoms with Gasteiger partial charge >= 0.3 is 0 Å². The zero-order valence-electron chi connectivity index (χ0n) is 7.27. The van der Waals surface area contributed by atoms with Crippen LogP contribution in [-0.2, 0) is 11.3 Å². The van der Waals surface area contributed by atoms with Gasteiger partial charge in [0.1, 0.15) is 0 Å². The number of nitrogen functional groups attached to an aromatic ring is 1. The summed E-state index contributed by atoms with van der Waals surface area (Å²) in [7, 11) is 0. The van der Waals surface area contributed by atoms with Gasteiger partial charge in [-0.05, 0) is 24.3 Å². The summed E-state index contributed by atoms with van der Waals surface area (Å²) in [5, 5.41) is 10.6. The Morgan fingerprint density at radius 3 is 2.83 bits per heavy atom. The van der Waals surface area contributed by atoms with Crippen molar-refractivity contribution in [2.24, 2.45) is 0 Å². The molecule has 68 valence electrons. The fourth-order valence-corrected chi connectivity index (χ4v) is 0.746. The molecule has 6 nitrogen and oxygen atoms in total. The van der Waals surface area contributed by atoms with E-state index in [1.54, 1.807) is 0 Å². The number of tetrazole rings is 1. The van der Waals surface area contributed by atoms with Crippen LogP contribution < -0.4 is 5.73 Å². The van der Waals surface area contributed by atoms with E-state index in [1.165, 1.54) is 4.68 Å². The van der Waals surface area contributed by atoms with E-state index >= 15 is 0 Å². The third-order valence-corrected chi connectivity index (χ3v) is 1.31. The highest BCUT2D eigenvalue weighted by Gasteiger charge is 2.00. The lowest BCUT2D eigenvalue weighted by molar-refractivity contribution is 0.0710. The topological polar surface area (TPSA) is 78.8 Å². The number of aromatic nitrogens is 4. The van der Waals surface area contributed by atoms with Crippen molar-refractivity contribution in [1.82, 2.24) is 20.2 Å². The van der Waals surface area contributed by atoms with Gasteiger partial charge in [0.15, 0.2) is 0 Å². The van der Waals surface area contributed by atoms with E-state index in [2.05, 4.69) is 15.5 Å². The molecule has 0 amide bonds. The molecule has 0 atom stereocenters. The van der Waals surface area contributed by atoms with Crippen molar-refractivity contribution in [3.63, 3.8) is 0 Å². The number of rotatable bonds is 4. The molecule has 0 unspecified atom stereocenters.